The lowest BCUT2D eigenvalue weighted by atomic mass is 9.70. The summed E-state index contributed by atoms with van der Waals surface area (Å²) in [6.07, 6.45) is 2.41. The third-order valence-electron chi connectivity index (χ3n) is 9.70. The third kappa shape index (κ3) is 4.32. The molecule has 7 heteroatoms. The van der Waals surface area contributed by atoms with E-state index in [9.17, 15) is 19.5 Å². The Kier molecular flexibility index (Phi) is 7.11. The molecule has 42 heavy (non-hydrogen) atoms. The van der Waals surface area contributed by atoms with E-state index in [1.54, 1.807) is 0 Å². The Morgan fingerprint density at radius 1 is 1.05 bits per heavy atom. The van der Waals surface area contributed by atoms with E-state index in [1.807, 2.05) is 45.0 Å². The van der Waals surface area contributed by atoms with Crippen LogP contribution in [0.5, 0.6) is 0 Å². The molecule has 4 atom stereocenters. The van der Waals surface area contributed by atoms with E-state index in [2.05, 4.69) is 35.6 Å². The molecular weight excluding hydrogens is 528 g/mol. The number of quaternary nitrogens is 1. The van der Waals surface area contributed by atoms with Gasteiger partial charge in [-0.3, -0.25) is 4.79 Å². The van der Waals surface area contributed by atoms with Crippen LogP contribution in [0.15, 0.2) is 54.6 Å². The van der Waals surface area contributed by atoms with Crippen molar-refractivity contribution in [2.75, 3.05) is 26.2 Å². The molecule has 0 aromatic heterocycles. The molecule has 1 unspecified atom stereocenters. The average molecular weight is 570 g/mol. The zero-order valence-corrected chi connectivity index (χ0v) is 25.0. The number of carbonyl (C=O) groups excluding carboxylic acids is 2. The number of Topliss-reactive ketones (excluding diaryl/α,β-unsaturated/α-hetero) is 1. The van der Waals surface area contributed by atoms with E-state index in [1.165, 1.54) is 12.5 Å². The van der Waals surface area contributed by atoms with Crippen LogP contribution in [0.25, 0.3) is 10.8 Å². The summed E-state index contributed by atoms with van der Waals surface area (Å²) in [6, 6.07) is 18.6. The highest BCUT2D eigenvalue weighted by atomic mass is 16.5. The number of aliphatic carboxylic acids is 1. The van der Waals surface area contributed by atoms with Gasteiger partial charge in [0.05, 0.1) is 12.5 Å². The monoisotopic (exact) mass is 569 g/mol. The van der Waals surface area contributed by atoms with Gasteiger partial charge in [0.1, 0.15) is 17.6 Å². The SMILES string of the molecule is CC(=O)[C@H]1CNCC[C@]1(C(=O)O)[N@+]1(CC(C)(C)C)C(=O)COC(c2cccc3ccccc23)c2cc3c(cc21)CCC3. The van der Waals surface area contributed by atoms with Gasteiger partial charge >= 0.3 is 11.9 Å². The molecule has 1 aliphatic carbocycles. The van der Waals surface area contributed by atoms with Gasteiger partial charge in [0.25, 0.3) is 0 Å². The number of hydrogen-bond acceptors (Lipinski definition) is 5. The van der Waals surface area contributed by atoms with Crippen LogP contribution in [0.2, 0.25) is 0 Å². The van der Waals surface area contributed by atoms with E-state index >= 15 is 0 Å². The molecule has 3 aromatic rings. The van der Waals surface area contributed by atoms with Crippen LogP contribution in [0.3, 0.4) is 0 Å². The number of hydrogen-bond donors (Lipinski definition) is 2. The summed E-state index contributed by atoms with van der Waals surface area (Å²) in [5.74, 6) is -2.51. The molecule has 3 aromatic carbocycles. The van der Waals surface area contributed by atoms with Gasteiger partial charge in [0.15, 0.2) is 6.61 Å². The smallest absolute Gasteiger partial charge is 0.367 e. The summed E-state index contributed by atoms with van der Waals surface area (Å²) in [4.78, 5) is 42.1. The number of piperidine rings is 1. The molecular formula is C35H41N2O5+. The predicted octanol–water partition coefficient (Wildman–Crippen LogP) is 5.35. The van der Waals surface area contributed by atoms with Crippen molar-refractivity contribution >= 4 is 34.1 Å². The van der Waals surface area contributed by atoms with Crippen molar-refractivity contribution in [3.8, 4) is 0 Å². The maximum absolute atomic E-state index is 14.9. The number of carboxylic acids is 1. The number of amides is 1. The zero-order chi connectivity index (χ0) is 29.9. The normalized spacial score (nSPS) is 27.8. The topological polar surface area (TPSA) is 92.7 Å². The highest BCUT2D eigenvalue weighted by Gasteiger charge is 2.70. The van der Waals surface area contributed by atoms with Gasteiger partial charge in [-0.1, -0.05) is 63.2 Å². The Bertz CT molecular complexity index is 1580. The minimum atomic E-state index is -1.68. The molecule has 1 amide bonds. The molecule has 7 nitrogen and oxygen atoms in total. The fraction of sp³-hybridized carbons (Fsp3) is 0.457. The van der Waals surface area contributed by atoms with Gasteiger partial charge in [-0.05, 0) is 59.7 Å². The van der Waals surface area contributed by atoms with Crippen molar-refractivity contribution in [1.82, 2.24) is 9.80 Å². The van der Waals surface area contributed by atoms with Crippen LogP contribution >= 0.6 is 0 Å². The Labute approximate surface area is 247 Å². The minimum Gasteiger partial charge on any atom is -0.477 e. The van der Waals surface area contributed by atoms with Crippen LogP contribution in [0.1, 0.15) is 68.9 Å². The number of nitrogens with one attached hydrogen (secondary N) is 1. The Morgan fingerprint density at radius 3 is 2.48 bits per heavy atom. The zero-order valence-electron chi connectivity index (χ0n) is 25.0. The van der Waals surface area contributed by atoms with Crippen LogP contribution in [0, 0.1) is 11.3 Å². The number of carboxylic acid groups (broad SMARTS) is 1. The number of carbonyl (C=O) groups is 3. The van der Waals surface area contributed by atoms with E-state index in [4.69, 9.17) is 4.74 Å². The van der Waals surface area contributed by atoms with E-state index in [-0.39, 0.29) is 37.8 Å². The molecule has 3 aliphatic rings. The van der Waals surface area contributed by atoms with Crippen LogP contribution in [0.4, 0.5) is 5.69 Å². The van der Waals surface area contributed by atoms with Crippen LogP contribution < -0.4 is 9.80 Å². The van der Waals surface area contributed by atoms with Crippen molar-refractivity contribution in [2.24, 2.45) is 11.3 Å². The number of nitrogens with zero attached hydrogens (tertiary/aromatic N) is 1. The molecule has 220 valence electrons. The summed E-state index contributed by atoms with van der Waals surface area (Å²) >= 11 is 0. The number of aryl methyl sites for hydroxylation is 2. The largest absolute Gasteiger partial charge is 0.477 e. The standard InChI is InChI=1S/C35H40N2O5/c1-22(38)29-19-36-16-15-35(29,33(40)41)37(21-34(2,3)4)30-18-25-12-7-11-24(25)17-28(30)32(42-20-31(37)39)27-14-8-10-23-9-5-6-13-26(23)27/h5-6,8-10,13-14,17-18,29,32,36H,7,11-12,15-16,19-21H2,1-4H3/p+1/t29-,32?,35+,37+/m1/s1. The van der Waals surface area contributed by atoms with Crippen LogP contribution in [-0.2, 0) is 32.0 Å². The summed E-state index contributed by atoms with van der Waals surface area (Å²) < 4.78 is 6.19. The lowest BCUT2D eigenvalue weighted by Gasteiger charge is -2.54. The lowest BCUT2D eigenvalue weighted by molar-refractivity contribution is -0.170. The number of rotatable bonds is 5. The minimum absolute atomic E-state index is 0.157. The first-order chi connectivity index (χ1) is 20.0. The molecule has 2 aliphatic heterocycles. The first-order valence-electron chi connectivity index (χ1n) is 15.1. The molecule has 0 spiro atoms. The van der Waals surface area contributed by atoms with Gasteiger partial charge in [-0.25, -0.2) is 14.1 Å². The summed E-state index contributed by atoms with van der Waals surface area (Å²) in [6.45, 7) is 8.19. The van der Waals surface area contributed by atoms with Crippen molar-refractivity contribution < 1.29 is 24.2 Å². The fourth-order valence-electron chi connectivity index (χ4n) is 8.08. The number of ether oxygens (including phenoxy) is 1. The van der Waals surface area contributed by atoms with E-state index in [0.29, 0.717) is 12.2 Å². The van der Waals surface area contributed by atoms with Crippen molar-refractivity contribution in [2.45, 2.75) is 65.0 Å². The third-order valence-corrected chi connectivity index (χ3v) is 9.70. The second-order valence-corrected chi connectivity index (χ2v) is 13.6. The van der Waals surface area contributed by atoms with Crippen LogP contribution in [-0.4, -0.2) is 54.5 Å². The molecule has 2 N–H and O–H groups in total. The maximum atomic E-state index is 14.9. The highest BCUT2D eigenvalue weighted by Crippen LogP contribution is 2.52. The van der Waals surface area contributed by atoms with Gasteiger partial charge in [0.2, 0.25) is 5.54 Å². The maximum Gasteiger partial charge on any atom is 0.367 e. The first kappa shape index (κ1) is 28.7. The lowest BCUT2D eigenvalue weighted by Crippen LogP contribution is -2.80. The van der Waals surface area contributed by atoms with E-state index in [0.717, 1.165) is 46.7 Å². The Hall–Kier alpha value is -3.39. The van der Waals surface area contributed by atoms with Crippen molar-refractivity contribution in [3.63, 3.8) is 0 Å². The molecule has 0 saturated carbocycles. The molecule has 0 radical (unpaired) electrons. The quantitative estimate of drug-likeness (QED) is 0.403. The summed E-state index contributed by atoms with van der Waals surface area (Å²) in [7, 11) is 0. The molecule has 2 heterocycles. The fourth-order valence-corrected chi connectivity index (χ4v) is 8.08. The van der Waals surface area contributed by atoms with Gasteiger partial charge < -0.3 is 15.2 Å². The molecule has 1 saturated heterocycles. The summed E-state index contributed by atoms with van der Waals surface area (Å²) in [5, 5.41) is 16.7. The van der Waals surface area contributed by atoms with Gasteiger partial charge in [-0.2, -0.15) is 0 Å². The number of benzene rings is 3. The van der Waals surface area contributed by atoms with Crippen molar-refractivity contribution in [1.29, 1.82) is 0 Å². The molecule has 0 bridgehead atoms. The van der Waals surface area contributed by atoms with Gasteiger partial charge in [-0.15, -0.1) is 0 Å². The second kappa shape index (κ2) is 10.4. The second-order valence-electron chi connectivity index (χ2n) is 13.6. The van der Waals surface area contributed by atoms with Gasteiger partial charge in [0, 0.05) is 36.6 Å². The summed E-state index contributed by atoms with van der Waals surface area (Å²) in [5.41, 5.74) is 2.73. The predicted molar refractivity (Wildman–Crippen MR) is 163 cm³/mol. The first-order valence-corrected chi connectivity index (χ1v) is 15.1. The van der Waals surface area contributed by atoms with Crippen molar-refractivity contribution in [3.05, 3.63) is 76.9 Å². The average Bonchev–Trinajstić information content (AvgIpc) is 3.38. The molecule has 1 fully saturated rings. The Balaban J connectivity index is 1.73. The molecule has 6 rings (SSSR count). The Morgan fingerprint density at radius 2 is 1.76 bits per heavy atom. The number of fused-ring (bicyclic) bond motifs is 3. The highest BCUT2D eigenvalue weighted by molar-refractivity contribution is 6.03. The van der Waals surface area contributed by atoms with E-state index < -0.39 is 33.4 Å². The number of ketones is 1.